The summed E-state index contributed by atoms with van der Waals surface area (Å²) in [5.74, 6) is -2.11. The molecule has 0 bridgehead atoms. The summed E-state index contributed by atoms with van der Waals surface area (Å²) in [5, 5.41) is 11.9. The number of aromatic amines is 1. The van der Waals surface area contributed by atoms with Crippen LogP contribution in [0.4, 0.5) is 0 Å². The Labute approximate surface area is 143 Å². The first-order valence-electron chi connectivity index (χ1n) is 7.90. The number of hydrazine groups is 1. The maximum atomic E-state index is 12.5. The van der Waals surface area contributed by atoms with Crippen molar-refractivity contribution >= 4 is 28.9 Å². The second-order valence-electron chi connectivity index (χ2n) is 5.38. The lowest BCUT2D eigenvalue weighted by atomic mass is 10.1. The molecule has 0 amide bonds. The summed E-state index contributed by atoms with van der Waals surface area (Å²) in [6, 6.07) is 3.63. The summed E-state index contributed by atoms with van der Waals surface area (Å²) in [7, 11) is 0. The van der Waals surface area contributed by atoms with E-state index in [1.165, 1.54) is 6.08 Å². The van der Waals surface area contributed by atoms with Crippen molar-refractivity contribution < 1.29 is 19.4 Å². The van der Waals surface area contributed by atoms with Gasteiger partial charge in [0.2, 0.25) is 11.7 Å². The third-order valence-electron chi connectivity index (χ3n) is 3.90. The number of nitrogens with zero attached hydrogens (tertiary/aromatic N) is 2. The van der Waals surface area contributed by atoms with Gasteiger partial charge in [0.15, 0.2) is 11.3 Å². The number of pyridine rings is 1. The summed E-state index contributed by atoms with van der Waals surface area (Å²) in [4.78, 5) is 31.1. The molecule has 3 heterocycles. The zero-order valence-corrected chi connectivity index (χ0v) is 13.9. The smallest absolute Gasteiger partial charge is 0.345 e. The molecule has 2 aromatic rings. The molecule has 8 heteroatoms. The highest BCUT2D eigenvalue weighted by atomic mass is 16.5. The Morgan fingerprint density at radius 2 is 2.20 bits per heavy atom. The van der Waals surface area contributed by atoms with Crippen LogP contribution in [-0.2, 0) is 14.3 Å². The van der Waals surface area contributed by atoms with E-state index in [4.69, 9.17) is 4.74 Å². The minimum Gasteiger partial charge on any atom is -0.477 e. The average Bonchev–Trinajstić information content (AvgIpc) is 3.14. The third kappa shape index (κ3) is 3.11. The topological polar surface area (TPSA) is 108 Å². The number of fused-ring (bicyclic) bond motifs is 1. The number of aromatic nitrogens is 2. The van der Waals surface area contributed by atoms with Gasteiger partial charge in [0.25, 0.3) is 0 Å². The van der Waals surface area contributed by atoms with Crippen molar-refractivity contribution in [1.82, 2.24) is 20.4 Å². The number of ether oxygens (including phenoxy) is 1. The number of carbonyl (C=O) groups excluding carboxylic acids is 1. The first kappa shape index (κ1) is 16.7. The number of nitrogens with one attached hydrogen (secondary N) is 2. The normalized spacial score (nSPS) is 16.1. The molecule has 0 aromatic carbocycles. The fourth-order valence-electron chi connectivity index (χ4n) is 2.56. The highest BCUT2D eigenvalue weighted by molar-refractivity contribution is 6.26. The molecule has 1 aliphatic rings. The van der Waals surface area contributed by atoms with Crippen molar-refractivity contribution in [2.24, 2.45) is 0 Å². The third-order valence-corrected chi connectivity index (χ3v) is 3.90. The van der Waals surface area contributed by atoms with Gasteiger partial charge in [-0.05, 0) is 18.2 Å². The van der Waals surface area contributed by atoms with E-state index >= 15 is 0 Å². The minimum absolute atomic E-state index is 0.0446. The number of Topliss-reactive ketones (excluding diaryl/α,β-unsaturated/α-hetero) is 1. The number of H-pyrrole nitrogens is 1. The molecule has 0 fully saturated rings. The fraction of sp³-hybridized carbons (Fsp3) is 0.235. The molecule has 25 heavy (non-hydrogen) atoms. The molecule has 0 spiro atoms. The molecular formula is C17H18N4O4. The second-order valence-corrected chi connectivity index (χ2v) is 5.38. The van der Waals surface area contributed by atoms with Crippen LogP contribution in [0.2, 0.25) is 0 Å². The predicted molar refractivity (Wildman–Crippen MR) is 90.9 cm³/mol. The number of carboxylic acids is 1. The molecule has 3 N–H and O–H groups in total. The van der Waals surface area contributed by atoms with E-state index in [1.54, 1.807) is 23.5 Å². The lowest BCUT2D eigenvalue weighted by Gasteiger charge is -2.20. The molecule has 8 nitrogen and oxygen atoms in total. The van der Waals surface area contributed by atoms with E-state index in [-0.39, 0.29) is 11.6 Å². The van der Waals surface area contributed by atoms with Crippen LogP contribution in [0.1, 0.15) is 19.4 Å². The first-order chi connectivity index (χ1) is 12.0. The highest BCUT2D eigenvalue weighted by Gasteiger charge is 2.36. The quantitative estimate of drug-likeness (QED) is 0.416. The summed E-state index contributed by atoms with van der Waals surface area (Å²) >= 11 is 0. The molecular weight excluding hydrogens is 324 g/mol. The van der Waals surface area contributed by atoms with Crippen LogP contribution in [0, 0.1) is 0 Å². The molecule has 2 aromatic heterocycles. The van der Waals surface area contributed by atoms with E-state index < -0.39 is 17.3 Å². The highest BCUT2D eigenvalue weighted by Crippen LogP contribution is 2.27. The number of allylic oxidation sites excluding steroid dienone is 1. The Morgan fingerprint density at radius 3 is 2.88 bits per heavy atom. The Bertz CT molecular complexity index is 893. The van der Waals surface area contributed by atoms with Crippen LogP contribution < -0.4 is 5.43 Å². The molecule has 0 saturated carbocycles. The van der Waals surface area contributed by atoms with Crippen molar-refractivity contribution in [2.45, 2.75) is 13.8 Å². The first-order valence-corrected chi connectivity index (χ1v) is 7.90. The standard InChI is InChI=1S/C17H18N4O4/c1-3-21(4-2)20-16-13(17(23)24)14(22)12(25-16)8-10-9-19-15-11(10)6-5-7-18-15/h5-9,20H,3-4H2,1-2H3,(H,18,19)(H,23,24). The van der Waals surface area contributed by atoms with Gasteiger partial charge in [0.1, 0.15) is 5.65 Å². The van der Waals surface area contributed by atoms with Gasteiger partial charge in [-0.1, -0.05) is 13.8 Å². The summed E-state index contributed by atoms with van der Waals surface area (Å²) in [6.07, 6.45) is 4.86. The van der Waals surface area contributed by atoms with Crippen LogP contribution in [0.3, 0.4) is 0 Å². The Kier molecular flexibility index (Phi) is 4.53. The number of carbonyl (C=O) groups is 2. The van der Waals surface area contributed by atoms with Crippen LogP contribution in [-0.4, -0.2) is 44.9 Å². The number of rotatable bonds is 6. The summed E-state index contributed by atoms with van der Waals surface area (Å²) in [5.41, 5.74) is 3.81. The van der Waals surface area contributed by atoms with Crippen LogP contribution in [0.15, 0.2) is 41.7 Å². The van der Waals surface area contributed by atoms with E-state index in [1.807, 2.05) is 19.9 Å². The molecule has 130 valence electrons. The van der Waals surface area contributed by atoms with E-state index in [9.17, 15) is 14.7 Å². The van der Waals surface area contributed by atoms with Gasteiger partial charge in [-0.3, -0.25) is 10.2 Å². The molecule has 0 aliphatic carbocycles. The van der Waals surface area contributed by atoms with Crippen molar-refractivity contribution in [3.63, 3.8) is 0 Å². The number of carboxylic acid groups (broad SMARTS) is 1. The Hall–Kier alpha value is -3.13. The SMILES string of the molecule is CCN(CC)NC1=C(C(=O)O)C(=O)C(=Cc2c[nH]c3ncccc23)O1. The van der Waals surface area contributed by atoms with Gasteiger partial charge in [-0.15, -0.1) is 0 Å². The molecule has 1 aliphatic heterocycles. The molecule has 0 atom stereocenters. The lowest BCUT2D eigenvalue weighted by Crippen LogP contribution is -2.37. The minimum atomic E-state index is -1.33. The number of hydrogen-bond acceptors (Lipinski definition) is 6. The Morgan fingerprint density at radius 1 is 1.44 bits per heavy atom. The zero-order chi connectivity index (χ0) is 18.0. The van der Waals surface area contributed by atoms with Crippen LogP contribution >= 0.6 is 0 Å². The monoisotopic (exact) mass is 342 g/mol. The lowest BCUT2D eigenvalue weighted by molar-refractivity contribution is -0.134. The number of ketones is 1. The fourth-order valence-corrected chi connectivity index (χ4v) is 2.56. The zero-order valence-electron chi connectivity index (χ0n) is 13.9. The van der Waals surface area contributed by atoms with Gasteiger partial charge < -0.3 is 14.8 Å². The van der Waals surface area contributed by atoms with Crippen LogP contribution in [0.25, 0.3) is 17.1 Å². The second kappa shape index (κ2) is 6.78. The number of hydrogen-bond donors (Lipinski definition) is 3. The van der Waals surface area contributed by atoms with E-state index in [2.05, 4.69) is 15.4 Å². The van der Waals surface area contributed by atoms with E-state index in [0.29, 0.717) is 24.3 Å². The maximum absolute atomic E-state index is 12.5. The largest absolute Gasteiger partial charge is 0.477 e. The Balaban J connectivity index is 1.95. The van der Waals surface area contributed by atoms with Crippen molar-refractivity contribution in [1.29, 1.82) is 0 Å². The van der Waals surface area contributed by atoms with Gasteiger partial charge in [0.05, 0.1) is 0 Å². The van der Waals surface area contributed by atoms with Crippen molar-refractivity contribution in [3.05, 3.63) is 47.3 Å². The van der Waals surface area contributed by atoms with E-state index in [0.717, 1.165) is 5.39 Å². The van der Waals surface area contributed by atoms with Gasteiger partial charge in [-0.2, -0.15) is 0 Å². The predicted octanol–water partition coefficient (Wildman–Crippen LogP) is 1.65. The van der Waals surface area contributed by atoms with Crippen molar-refractivity contribution in [3.8, 4) is 0 Å². The van der Waals surface area contributed by atoms with Gasteiger partial charge >= 0.3 is 5.97 Å². The molecule has 0 unspecified atom stereocenters. The maximum Gasteiger partial charge on any atom is 0.345 e. The summed E-state index contributed by atoms with van der Waals surface area (Å²) in [6.45, 7) is 5.06. The van der Waals surface area contributed by atoms with Crippen LogP contribution in [0.5, 0.6) is 0 Å². The van der Waals surface area contributed by atoms with Gasteiger partial charge in [-0.25, -0.2) is 14.8 Å². The average molecular weight is 342 g/mol. The van der Waals surface area contributed by atoms with Crippen molar-refractivity contribution in [2.75, 3.05) is 13.1 Å². The summed E-state index contributed by atoms with van der Waals surface area (Å²) < 4.78 is 5.53. The molecule has 3 rings (SSSR count). The van der Waals surface area contributed by atoms with Gasteiger partial charge in [0, 0.05) is 36.4 Å². The number of aliphatic carboxylic acids is 1. The molecule has 0 saturated heterocycles. The molecule has 0 radical (unpaired) electrons.